The van der Waals surface area contributed by atoms with Crippen molar-refractivity contribution in [2.75, 3.05) is 0 Å². The summed E-state index contributed by atoms with van der Waals surface area (Å²) in [6, 6.07) is 5.76. The maximum Gasteiger partial charge on any atom is 0.159 e. The van der Waals surface area contributed by atoms with E-state index in [1.165, 1.54) is 0 Å². The van der Waals surface area contributed by atoms with E-state index in [4.69, 9.17) is 0 Å². The summed E-state index contributed by atoms with van der Waals surface area (Å²) in [5.41, 5.74) is 2.07. The smallest absolute Gasteiger partial charge is 0.159 e. The van der Waals surface area contributed by atoms with Gasteiger partial charge in [0.1, 0.15) is 0 Å². The molecule has 4 nitrogen and oxygen atoms in total. The van der Waals surface area contributed by atoms with Crippen LogP contribution in [-0.4, -0.2) is 20.5 Å². The van der Waals surface area contributed by atoms with Gasteiger partial charge < -0.3 is 5.32 Å². The van der Waals surface area contributed by atoms with Crippen molar-refractivity contribution in [1.82, 2.24) is 20.3 Å². The quantitative estimate of drug-likeness (QED) is 0.898. The minimum Gasteiger partial charge on any atom is -0.306 e. The highest BCUT2D eigenvalue weighted by Gasteiger charge is 2.09. The molecule has 0 unspecified atom stereocenters. The third-order valence-corrected chi connectivity index (χ3v) is 2.45. The average molecular weight is 242 g/mol. The number of rotatable bonds is 3. The first-order valence-electron chi connectivity index (χ1n) is 6.02. The van der Waals surface area contributed by atoms with E-state index >= 15 is 0 Å². The molecule has 0 atom stereocenters. The molecule has 0 spiro atoms. The van der Waals surface area contributed by atoms with Crippen molar-refractivity contribution in [3.63, 3.8) is 0 Å². The maximum atomic E-state index is 4.54. The summed E-state index contributed by atoms with van der Waals surface area (Å²) in [6.07, 6.45) is 5.29. The van der Waals surface area contributed by atoms with Crippen LogP contribution in [0.1, 0.15) is 26.5 Å². The van der Waals surface area contributed by atoms with Crippen LogP contribution < -0.4 is 5.32 Å². The first kappa shape index (κ1) is 12.6. The van der Waals surface area contributed by atoms with Crippen LogP contribution in [0.5, 0.6) is 0 Å². The molecule has 2 rings (SSSR count). The largest absolute Gasteiger partial charge is 0.306 e. The van der Waals surface area contributed by atoms with Gasteiger partial charge in [0.25, 0.3) is 0 Å². The van der Waals surface area contributed by atoms with Gasteiger partial charge in [-0.3, -0.25) is 4.98 Å². The van der Waals surface area contributed by atoms with Crippen LogP contribution in [0, 0.1) is 0 Å². The molecule has 0 saturated heterocycles. The molecule has 18 heavy (non-hydrogen) atoms. The molecule has 0 aliphatic heterocycles. The van der Waals surface area contributed by atoms with E-state index in [1.54, 1.807) is 18.6 Å². The van der Waals surface area contributed by atoms with Crippen LogP contribution in [0.2, 0.25) is 0 Å². The summed E-state index contributed by atoms with van der Waals surface area (Å²) in [5, 5.41) is 3.41. The van der Waals surface area contributed by atoms with Gasteiger partial charge in [0.2, 0.25) is 0 Å². The molecule has 0 aliphatic carbocycles. The molecular formula is C14H18N4. The van der Waals surface area contributed by atoms with Crippen LogP contribution in [0.25, 0.3) is 11.4 Å². The molecule has 0 bridgehead atoms. The van der Waals surface area contributed by atoms with Crippen LogP contribution in [0.3, 0.4) is 0 Å². The molecule has 2 heterocycles. The van der Waals surface area contributed by atoms with Crippen LogP contribution in [0.15, 0.2) is 36.8 Å². The second-order valence-corrected chi connectivity index (χ2v) is 5.21. The lowest BCUT2D eigenvalue weighted by atomic mass is 10.1. The predicted octanol–water partition coefficient (Wildman–Crippen LogP) is 2.43. The highest BCUT2D eigenvalue weighted by Crippen LogP contribution is 2.13. The van der Waals surface area contributed by atoms with E-state index in [9.17, 15) is 0 Å². The van der Waals surface area contributed by atoms with Gasteiger partial charge in [-0.25, -0.2) is 9.97 Å². The molecular weight excluding hydrogens is 224 g/mol. The Kier molecular flexibility index (Phi) is 3.67. The number of hydrogen-bond donors (Lipinski definition) is 1. The Balaban J connectivity index is 2.16. The molecule has 0 amide bonds. The highest BCUT2D eigenvalue weighted by molar-refractivity contribution is 5.53. The van der Waals surface area contributed by atoms with Crippen molar-refractivity contribution in [3.8, 4) is 11.4 Å². The average Bonchev–Trinajstić information content (AvgIpc) is 2.37. The lowest BCUT2D eigenvalue weighted by molar-refractivity contribution is 0.421. The van der Waals surface area contributed by atoms with E-state index in [0.717, 1.165) is 23.6 Å². The number of pyridine rings is 1. The number of nitrogens with one attached hydrogen (secondary N) is 1. The van der Waals surface area contributed by atoms with Gasteiger partial charge in [-0.05, 0) is 39.0 Å². The van der Waals surface area contributed by atoms with Gasteiger partial charge in [0.05, 0.1) is 5.69 Å². The van der Waals surface area contributed by atoms with Crippen molar-refractivity contribution in [3.05, 3.63) is 42.5 Å². The molecule has 0 saturated carbocycles. The van der Waals surface area contributed by atoms with Gasteiger partial charge in [-0.15, -0.1) is 0 Å². The molecule has 94 valence electrons. The third kappa shape index (κ3) is 3.60. The summed E-state index contributed by atoms with van der Waals surface area (Å²) in [7, 11) is 0. The lowest BCUT2D eigenvalue weighted by Gasteiger charge is -2.20. The Labute approximate surface area is 108 Å². The van der Waals surface area contributed by atoms with Crippen LogP contribution >= 0.6 is 0 Å². The van der Waals surface area contributed by atoms with Crippen LogP contribution in [0.4, 0.5) is 0 Å². The number of aromatic nitrogens is 3. The Morgan fingerprint density at radius 2 is 1.78 bits per heavy atom. The molecule has 0 aliphatic rings. The second-order valence-electron chi connectivity index (χ2n) is 5.21. The molecule has 0 fully saturated rings. The minimum atomic E-state index is 0.0851. The molecule has 0 radical (unpaired) electrons. The zero-order valence-electron chi connectivity index (χ0n) is 11.0. The molecule has 2 aromatic heterocycles. The van der Waals surface area contributed by atoms with E-state index < -0.39 is 0 Å². The number of nitrogens with zero attached hydrogens (tertiary/aromatic N) is 3. The first-order chi connectivity index (χ1) is 8.54. The Bertz CT molecular complexity index is 503. The second kappa shape index (κ2) is 5.23. The fraction of sp³-hybridized carbons (Fsp3) is 0.357. The normalized spacial score (nSPS) is 11.5. The predicted molar refractivity (Wildman–Crippen MR) is 71.9 cm³/mol. The topological polar surface area (TPSA) is 50.7 Å². The van der Waals surface area contributed by atoms with Crippen molar-refractivity contribution >= 4 is 0 Å². The van der Waals surface area contributed by atoms with Crippen LogP contribution in [-0.2, 0) is 6.54 Å². The zero-order valence-corrected chi connectivity index (χ0v) is 11.0. The molecule has 4 heteroatoms. The summed E-state index contributed by atoms with van der Waals surface area (Å²) in [4.78, 5) is 12.8. The van der Waals surface area contributed by atoms with E-state index in [2.05, 4.69) is 41.0 Å². The standard InChI is InChI=1S/C14H18N4/c1-14(2,3)17-10-12-6-9-16-13(18-12)11-4-7-15-8-5-11/h4-9,17H,10H2,1-3H3. The van der Waals surface area contributed by atoms with Gasteiger partial charge in [0.15, 0.2) is 5.82 Å². The van der Waals surface area contributed by atoms with Gasteiger partial charge in [-0.2, -0.15) is 0 Å². The summed E-state index contributed by atoms with van der Waals surface area (Å²) < 4.78 is 0. The Morgan fingerprint density at radius 1 is 1.06 bits per heavy atom. The summed E-state index contributed by atoms with van der Waals surface area (Å²) in [6.45, 7) is 7.15. The monoisotopic (exact) mass is 242 g/mol. The maximum absolute atomic E-state index is 4.54. The molecule has 2 aromatic rings. The van der Waals surface area contributed by atoms with E-state index in [1.807, 2.05) is 18.2 Å². The molecule has 1 N–H and O–H groups in total. The minimum absolute atomic E-state index is 0.0851. The van der Waals surface area contributed by atoms with Gasteiger partial charge in [-0.1, -0.05) is 0 Å². The fourth-order valence-corrected chi connectivity index (χ4v) is 1.49. The summed E-state index contributed by atoms with van der Waals surface area (Å²) in [5.74, 6) is 0.741. The van der Waals surface area contributed by atoms with Crippen molar-refractivity contribution in [1.29, 1.82) is 0 Å². The SMILES string of the molecule is CC(C)(C)NCc1ccnc(-c2ccncc2)n1. The summed E-state index contributed by atoms with van der Waals surface area (Å²) >= 11 is 0. The lowest BCUT2D eigenvalue weighted by Crippen LogP contribution is -2.35. The third-order valence-electron chi connectivity index (χ3n) is 2.45. The molecule has 0 aromatic carbocycles. The fourth-order valence-electron chi connectivity index (χ4n) is 1.49. The van der Waals surface area contributed by atoms with Gasteiger partial charge in [0, 0.05) is 36.2 Å². The Hall–Kier alpha value is -1.81. The van der Waals surface area contributed by atoms with Crippen molar-refractivity contribution in [2.24, 2.45) is 0 Å². The van der Waals surface area contributed by atoms with Gasteiger partial charge >= 0.3 is 0 Å². The Morgan fingerprint density at radius 3 is 2.44 bits per heavy atom. The van der Waals surface area contributed by atoms with E-state index in [0.29, 0.717) is 0 Å². The first-order valence-corrected chi connectivity index (χ1v) is 6.02. The number of hydrogen-bond acceptors (Lipinski definition) is 4. The zero-order chi connectivity index (χ0) is 13.0. The highest BCUT2D eigenvalue weighted by atomic mass is 15.0. The van der Waals surface area contributed by atoms with Crippen molar-refractivity contribution in [2.45, 2.75) is 32.9 Å². The van der Waals surface area contributed by atoms with Crippen molar-refractivity contribution < 1.29 is 0 Å². The van der Waals surface area contributed by atoms with E-state index in [-0.39, 0.29) is 5.54 Å².